The van der Waals surface area contributed by atoms with Crippen molar-refractivity contribution in [3.63, 3.8) is 0 Å². The molecule has 0 amide bonds. The Morgan fingerprint density at radius 2 is 1.48 bits per heavy atom. The zero-order chi connectivity index (χ0) is 22.2. The molecule has 0 unspecified atom stereocenters. The van der Waals surface area contributed by atoms with Gasteiger partial charge in [-0.05, 0) is 6.42 Å². The number of aliphatic hydroxyl groups is 1. The van der Waals surface area contributed by atoms with Crippen LogP contribution in [0.1, 0.15) is 5.56 Å². The summed E-state index contributed by atoms with van der Waals surface area (Å²) in [6.45, 7) is 4.54. The van der Waals surface area contributed by atoms with Crippen LogP contribution < -0.4 is 0 Å². The molecule has 5 heteroatoms. The largest absolute Gasteiger partial charge is 0.397 e. The van der Waals surface area contributed by atoms with Gasteiger partial charge in [0.15, 0.2) is 0 Å². The van der Waals surface area contributed by atoms with Gasteiger partial charge in [-0.25, -0.2) is 0 Å². The first-order chi connectivity index (χ1) is 15.0. The molecular weight excluding hydrogens is 519 g/mol. The summed E-state index contributed by atoms with van der Waals surface area (Å²) in [5.74, 6) is 0. The fourth-order valence-electron chi connectivity index (χ4n) is 3.45. The Bertz CT molecular complexity index is 1250. The van der Waals surface area contributed by atoms with E-state index in [0.29, 0.717) is 0 Å². The number of hydrogen-bond donors (Lipinski definition) is 1. The van der Waals surface area contributed by atoms with Crippen LogP contribution in [0.15, 0.2) is 91.0 Å². The van der Waals surface area contributed by atoms with E-state index in [1.165, 1.54) is 37.9 Å². The van der Waals surface area contributed by atoms with E-state index >= 15 is 0 Å². The molecule has 0 heterocycles. The van der Waals surface area contributed by atoms with Crippen LogP contribution in [0.5, 0.6) is 0 Å². The minimum absolute atomic E-state index is 0.209. The normalized spacial score (nSPS) is 10.4. The van der Waals surface area contributed by atoms with E-state index in [4.69, 9.17) is 22.1 Å². The van der Waals surface area contributed by atoms with Gasteiger partial charge in [0.2, 0.25) is 0 Å². The molecule has 160 valence electrons. The van der Waals surface area contributed by atoms with E-state index in [0.717, 1.165) is 6.42 Å². The maximum Gasteiger partial charge on any atom is 0.0407 e. The van der Waals surface area contributed by atoms with Crippen LogP contribution in [0, 0.1) is 0 Å². The zero-order valence-corrected chi connectivity index (χ0v) is 22.7. The van der Waals surface area contributed by atoms with Crippen molar-refractivity contribution in [3.05, 3.63) is 96.6 Å². The van der Waals surface area contributed by atoms with Crippen LogP contribution in [-0.2, 0) is 24.4 Å². The van der Waals surface area contributed by atoms with Crippen molar-refractivity contribution in [2.75, 3.05) is 6.61 Å². The molecule has 5 aromatic carbocycles. The summed E-state index contributed by atoms with van der Waals surface area (Å²) in [5.41, 5.74) is 1.01. The first-order valence-electron chi connectivity index (χ1n) is 10.3. The van der Waals surface area contributed by atoms with Gasteiger partial charge in [0.25, 0.3) is 0 Å². The van der Waals surface area contributed by atoms with Crippen molar-refractivity contribution < 1.29 is 23.1 Å². The number of hydrogen-bond acceptors (Lipinski definition) is 1. The zero-order valence-electron chi connectivity index (χ0n) is 17.8. The molecule has 0 atom stereocenters. The first-order valence-corrected chi connectivity index (χ1v) is 22.8. The van der Waals surface area contributed by atoms with E-state index in [1.807, 2.05) is 0 Å². The van der Waals surface area contributed by atoms with Crippen LogP contribution >= 0.6 is 17.0 Å². The fraction of sp³-hybridized carbons (Fsp3) is 0.154. The van der Waals surface area contributed by atoms with Gasteiger partial charge in [0.05, 0.1) is 0 Å². The van der Waals surface area contributed by atoms with Gasteiger partial charge in [-0.15, -0.1) is 68.9 Å². The SMILES string of the molecule is C[Si](C)=[Zr]([Cl])[Cl].OCCc1cccc2c1[cH-]c1ccccc12.c1ccc2[cH-]ccc2c1. The van der Waals surface area contributed by atoms with E-state index in [2.05, 4.69) is 104 Å². The molecule has 0 fully saturated rings. The summed E-state index contributed by atoms with van der Waals surface area (Å²) >= 11 is -1.65. The number of halogens is 2. The molecule has 0 saturated carbocycles. The molecule has 1 N–H and O–H groups in total. The number of benzene rings is 3. The molecule has 0 radical (unpaired) electrons. The van der Waals surface area contributed by atoms with Crippen LogP contribution in [-0.4, -0.2) is 17.1 Å². The summed E-state index contributed by atoms with van der Waals surface area (Å²) in [7, 11) is 11.2. The predicted molar refractivity (Wildman–Crippen MR) is 137 cm³/mol. The Kier molecular flexibility index (Phi) is 9.56. The van der Waals surface area contributed by atoms with E-state index in [9.17, 15) is 0 Å². The summed E-state index contributed by atoms with van der Waals surface area (Å²) < 4.78 is 0. The number of rotatable bonds is 2. The quantitative estimate of drug-likeness (QED) is 0.177. The molecule has 0 aliphatic heterocycles. The smallest absolute Gasteiger partial charge is 0.0407 e. The van der Waals surface area contributed by atoms with Crippen molar-refractivity contribution in [1.29, 1.82) is 0 Å². The molecule has 31 heavy (non-hydrogen) atoms. The maximum atomic E-state index is 9.05. The molecular formula is C26H26Cl2OSiZr-2. The second-order valence-corrected chi connectivity index (χ2v) is 30.5. The van der Waals surface area contributed by atoms with Crippen LogP contribution in [0.2, 0.25) is 13.1 Å². The van der Waals surface area contributed by atoms with Crippen molar-refractivity contribution >= 4 is 54.8 Å². The summed E-state index contributed by atoms with van der Waals surface area (Å²) in [6.07, 6.45) is 0.730. The van der Waals surface area contributed by atoms with Crippen LogP contribution in [0.3, 0.4) is 0 Å². The molecule has 1 nitrogen and oxygen atoms in total. The summed E-state index contributed by atoms with van der Waals surface area (Å²) in [5, 5.41) is 16.9. The van der Waals surface area contributed by atoms with Gasteiger partial charge >= 0.3 is 53.5 Å². The average Bonchev–Trinajstić information content (AvgIpc) is 3.40. The predicted octanol–water partition coefficient (Wildman–Crippen LogP) is 7.97. The molecule has 5 rings (SSSR count). The van der Waals surface area contributed by atoms with Crippen molar-refractivity contribution in [2.24, 2.45) is 0 Å². The van der Waals surface area contributed by atoms with Gasteiger partial charge in [-0.2, -0.15) is 17.5 Å². The minimum atomic E-state index is -1.65. The topological polar surface area (TPSA) is 20.2 Å². The van der Waals surface area contributed by atoms with Gasteiger partial charge in [-0.1, -0.05) is 42.5 Å². The summed E-state index contributed by atoms with van der Waals surface area (Å²) in [4.78, 5) is 0. The second kappa shape index (κ2) is 12.1. The van der Waals surface area contributed by atoms with E-state index in [1.54, 1.807) is 0 Å². The molecule has 0 aliphatic rings. The average molecular weight is 545 g/mol. The third-order valence-corrected chi connectivity index (χ3v) is 24.8. The van der Waals surface area contributed by atoms with Crippen LogP contribution in [0.4, 0.5) is 0 Å². The summed E-state index contributed by atoms with van der Waals surface area (Å²) in [6, 6.07) is 31.6. The van der Waals surface area contributed by atoms with Crippen LogP contribution in [0.25, 0.3) is 32.3 Å². The molecule has 5 aromatic rings. The Hall–Kier alpha value is -1.22. The maximum absolute atomic E-state index is 9.05. The Balaban J connectivity index is 0.000000153. The third kappa shape index (κ3) is 6.63. The van der Waals surface area contributed by atoms with Crippen molar-refractivity contribution in [2.45, 2.75) is 19.5 Å². The molecule has 0 saturated heterocycles. The van der Waals surface area contributed by atoms with Crippen molar-refractivity contribution in [3.8, 4) is 0 Å². The molecule has 0 aromatic heterocycles. The standard InChI is InChI=1S/C15H13O.C9H7.C2H6Si.2ClH.Zr/c16-9-8-11-5-3-7-14-13-6-2-1-4-12(13)10-15(11)14;1-2-5-9-7-3-6-8(9)4-1;1-3-2;;;/h1-7,10,16H,8-9H2;1-7H;1-2H3;2*1H;/q2*-1;;;;+2/p-2. The van der Waals surface area contributed by atoms with Gasteiger partial charge in [0.1, 0.15) is 0 Å². The second-order valence-electron chi connectivity index (χ2n) is 7.50. The van der Waals surface area contributed by atoms with Gasteiger partial charge in [0, 0.05) is 6.61 Å². The number of fused-ring (bicyclic) bond motifs is 4. The number of aliphatic hydroxyl groups excluding tert-OH is 1. The van der Waals surface area contributed by atoms with Crippen molar-refractivity contribution in [1.82, 2.24) is 0 Å². The van der Waals surface area contributed by atoms with Gasteiger partial charge in [-0.3, -0.25) is 0 Å². The monoisotopic (exact) mass is 542 g/mol. The minimum Gasteiger partial charge on any atom is -0.397 e. The fourth-order valence-corrected chi connectivity index (χ4v) is 3.45. The molecule has 0 spiro atoms. The Morgan fingerprint density at radius 1 is 0.839 bits per heavy atom. The third-order valence-electron chi connectivity index (χ3n) is 5.05. The molecule has 0 aliphatic carbocycles. The Morgan fingerprint density at radius 3 is 2.16 bits per heavy atom. The first kappa shape index (κ1) is 24.4. The Labute approximate surface area is 199 Å². The van der Waals surface area contributed by atoms with E-state index < -0.39 is 18.0 Å². The molecule has 0 bridgehead atoms. The van der Waals surface area contributed by atoms with E-state index in [-0.39, 0.29) is 12.0 Å². The van der Waals surface area contributed by atoms with Gasteiger partial charge < -0.3 is 5.11 Å².